The van der Waals surface area contributed by atoms with Gasteiger partial charge in [-0.3, -0.25) is 4.79 Å². The summed E-state index contributed by atoms with van der Waals surface area (Å²) in [6, 6.07) is 4.84. The second-order valence-corrected chi connectivity index (χ2v) is 9.25. The second kappa shape index (κ2) is 12.0. The van der Waals surface area contributed by atoms with Crippen LogP contribution in [0.25, 0.3) is 0 Å². The fourth-order valence-electron chi connectivity index (χ4n) is 3.19. The lowest BCUT2D eigenvalue weighted by Gasteiger charge is -2.18. The van der Waals surface area contributed by atoms with Crippen molar-refractivity contribution < 1.29 is 22.7 Å². The summed E-state index contributed by atoms with van der Waals surface area (Å²) in [7, 11) is -3.59. The Labute approximate surface area is 174 Å². The maximum atomic E-state index is 12.4. The minimum atomic E-state index is -3.59. The van der Waals surface area contributed by atoms with Crippen LogP contribution >= 0.6 is 0 Å². The number of hydrogen-bond donors (Lipinski definition) is 2. The molecule has 2 N–H and O–H groups in total. The number of unbranched alkanes of at least 4 members (excludes halogenated alkanes) is 4. The Morgan fingerprint density at radius 1 is 1.07 bits per heavy atom. The zero-order valence-corrected chi connectivity index (χ0v) is 18.4. The minimum absolute atomic E-state index is 0.0749. The van der Waals surface area contributed by atoms with Gasteiger partial charge in [0.2, 0.25) is 15.9 Å². The Morgan fingerprint density at radius 2 is 1.83 bits per heavy atom. The molecule has 0 saturated heterocycles. The van der Waals surface area contributed by atoms with Crippen molar-refractivity contribution >= 4 is 15.9 Å². The predicted octanol–water partition coefficient (Wildman–Crippen LogP) is 3.38. The summed E-state index contributed by atoms with van der Waals surface area (Å²) in [5, 5.41) is 3.03. The van der Waals surface area contributed by atoms with Crippen LogP contribution in [0, 0.1) is 0 Å². The second-order valence-electron chi connectivity index (χ2n) is 7.48. The standard InChI is InChI=1S/C21H34N2O5S/c1-3-4-6-9-17(2)23-21(24)10-7-5-8-13-22-29(25,26)18-11-12-19-20(16-18)28-15-14-27-19/h11-12,16-17,22H,3-10,13-15H2,1-2H3,(H,23,24)/t17-/m1/s1. The van der Waals surface area contributed by atoms with Crippen LogP contribution in [0.1, 0.15) is 65.2 Å². The highest BCUT2D eigenvalue weighted by molar-refractivity contribution is 7.89. The molecule has 1 aromatic carbocycles. The summed E-state index contributed by atoms with van der Waals surface area (Å²) >= 11 is 0. The maximum absolute atomic E-state index is 12.4. The quantitative estimate of drug-likeness (QED) is 0.472. The molecule has 1 aliphatic rings. The largest absolute Gasteiger partial charge is 0.486 e. The predicted molar refractivity (Wildman–Crippen MR) is 113 cm³/mol. The summed E-state index contributed by atoms with van der Waals surface area (Å²) < 4.78 is 38.3. The van der Waals surface area contributed by atoms with Crippen molar-refractivity contribution in [1.82, 2.24) is 10.0 Å². The van der Waals surface area contributed by atoms with E-state index in [1.807, 2.05) is 6.92 Å². The molecule has 29 heavy (non-hydrogen) atoms. The Balaban J connectivity index is 1.63. The first kappa shape index (κ1) is 23.5. The third-order valence-electron chi connectivity index (χ3n) is 4.84. The molecule has 8 heteroatoms. The molecule has 7 nitrogen and oxygen atoms in total. The first-order chi connectivity index (χ1) is 13.9. The van der Waals surface area contributed by atoms with Crippen molar-refractivity contribution in [3.8, 4) is 11.5 Å². The van der Waals surface area contributed by atoms with Gasteiger partial charge in [-0.15, -0.1) is 0 Å². The lowest BCUT2D eigenvalue weighted by Crippen LogP contribution is -2.32. The van der Waals surface area contributed by atoms with Crippen LogP contribution in [0.15, 0.2) is 23.1 Å². The molecule has 1 heterocycles. The smallest absolute Gasteiger partial charge is 0.240 e. The minimum Gasteiger partial charge on any atom is -0.486 e. The van der Waals surface area contributed by atoms with Crippen LogP contribution in [0.2, 0.25) is 0 Å². The molecule has 0 bridgehead atoms. The van der Waals surface area contributed by atoms with Gasteiger partial charge in [-0.2, -0.15) is 0 Å². The summed E-state index contributed by atoms with van der Waals surface area (Å²) in [5.74, 6) is 1.09. The molecule has 1 atom stereocenters. The van der Waals surface area contributed by atoms with Crippen molar-refractivity contribution in [2.45, 2.75) is 76.2 Å². The molecule has 0 saturated carbocycles. The highest BCUT2D eigenvalue weighted by atomic mass is 32.2. The van der Waals surface area contributed by atoms with Gasteiger partial charge in [-0.05, 0) is 38.3 Å². The van der Waals surface area contributed by atoms with E-state index in [1.165, 1.54) is 25.0 Å². The summed E-state index contributed by atoms with van der Waals surface area (Å²) in [6.07, 6.45) is 7.24. The topological polar surface area (TPSA) is 93.7 Å². The number of carbonyl (C=O) groups excluding carboxylic acids is 1. The molecule has 0 aliphatic carbocycles. The molecular weight excluding hydrogens is 392 g/mol. The van der Waals surface area contributed by atoms with Crippen LogP contribution < -0.4 is 19.5 Å². The van der Waals surface area contributed by atoms with Crippen LogP contribution in [0.4, 0.5) is 0 Å². The molecule has 1 aromatic rings. The van der Waals surface area contributed by atoms with Gasteiger partial charge in [0.15, 0.2) is 11.5 Å². The number of carbonyl (C=O) groups is 1. The van der Waals surface area contributed by atoms with E-state index >= 15 is 0 Å². The Hall–Kier alpha value is -1.80. The SMILES string of the molecule is CCCCC[C@@H](C)NC(=O)CCCCCNS(=O)(=O)c1ccc2c(c1)OCCO2. The molecule has 164 valence electrons. The molecule has 0 aromatic heterocycles. The van der Waals surface area contributed by atoms with E-state index in [1.54, 1.807) is 6.07 Å². The van der Waals surface area contributed by atoms with Crippen LogP contribution in [-0.4, -0.2) is 40.1 Å². The number of sulfonamides is 1. The van der Waals surface area contributed by atoms with Crippen LogP contribution in [0.3, 0.4) is 0 Å². The number of nitrogens with one attached hydrogen (secondary N) is 2. The van der Waals surface area contributed by atoms with Crippen LogP contribution in [0.5, 0.6) is 11.5 Å². The van der Waals surface area contributed by atoms with E-state index in [0.29, 0.717) is 44.1 Å². The average molecular weight is 427 g/mol. The number of ether oxygens (including phenoxy) is 2. The first-order valence-electron chi connectivity index (χ1n) is 10.6. The van der Waals surface area contributed by atoms with Crippen molar-refractivity contribution in [1.29, 1.82) is 0 Å². The number of hydrogen-bond acceptors (Lipinski definition) is 5. The van der Waals surface area contributed by atoms with E-state index in [0.717, 1.165) is 25.7 Å². The van der Waals surface area contributed by atoms with E-state index in [9.17, 15) is 13.2 Å². The van der Waals surface area contributed by atoms with Crippen molar-refractivity contribution in [3.05, 3.63) is 18.2 Å². The zero-order chi connectivity index (χ0) is 21.1. The van der Waals surface area contributed by atoms with Gasteiger partial charge in [0.1, 0.15) is 13.2 Å². The fraction of sp³-hybridized carbons (Fsp3) is 0.667. The van der Waals surface area contributed by atoms with Crippen molar-refractivity contribution in [2.75, 3.05) is 19.8 Å². The third-order valence-corrected chi connectivity index (χ3v) is 6.30. The average Bonchev–Trinajstić information content (AvgIpc) is 2.70. The molecule has 0 spiro atoms. The van der Waals surface area contributed by atoms with E-state index in [4.69, 9.17) is 9.47 Å². The summed E-state index contributed by atoms with van der Waals surface area (Å²) in [5.41, 5.74) is 0. The molecule has 1 aliphatic heterocycles. The lowest BCUT2D eigenvalue weighted by atomic mass is 10.1. The highest BCUT2D eigenvalue weighted by Crippen LogP contribution is 2.32. The highest BCUT2D eigenvalue weighted by Gasteiger charge is 2.18. The van der Waals surface area contributed by atoms with Gasteiger partial charge in [0, 0.05) is 25.1 Å². The van der Waals surface area contributed by atoms with E-state index < -0.39 is 10.0 Å². The van der Waals surface area contributed by atoms with Gasteiger partial charge in [-0.25, -0.2) is 13.1 Å². The third kappa shape index (κ3) is 8.22. The molecule has 0 radical (unpaired) electrons. The van der Waals surface area contributed by atoms with Gasteiger partial charge < -0.3 is 14.8 Å². The van der Waals surface area contributed by atoms with Gasteiger partial charge in [-0.1, -0.05) is 32.6 Å². The summed E-state index contributed by atoms with van der Waals surface area (Å²) in [4.78, 5) is 12.1. The van der Waals surface area contributed by atoms with Crippen LogP contribution in [-0.2, 0) is 14.8 Å². The molecule has 2 rings (SSSR count). The Bertz CT molecular complexity index is 751. The first-order valence-corrected chi connectivity index (χ1v) is 12.1. The van der Waals surface area contributed by atoms with E-state index in [2.05, 4.69) is 17.0 Å². The Kier molecular flexibility index (Phi) is 9.73. The molecular formula is C21H34N2O5S. The maximum Gasteiger partial charge on any atom is 0.240 e. The van der Waals surface area contributed by atoms with Gasteiger partial charge in [0.05, 0.1) is 4.90 Å². The number of fused-ring (bicyclic) bond motifs is 1. The Morgan fingerprint density at radius 3 is 2.59 bits per heavy atom. The number of rotatable bonds is 13. The van der Waals surface area contributed by atoms with Gasteiger partial charge >= 0.3 is 0 Å². The molecule has 0 unspecified atom stereocenters. The van der Waals surface area contributed by atoms with Crippen molar-refractivity contribution in [2.24, 2.45) is 0 Å². The summed E-state index contributed by atoms with van der Waals surface area (Å²) in [6.45, 7) is 5.42. The van der Waals surface area contributed by atoms with Crippen molar-refractivity contribution in [3.63, 3.8) is 0 Å². The monoisotopic (exact) mass is 426 g/mol. The normalized spacial score (nSPS) is 14.4. The fourth-order valence-corrected chi connectivity index (χ4v) is 4.28. The number of benzene rings is 1. The molecule has 0 fully saturated rings. The number of amides is 1. The zero-order valence-electron chi connectivity index (χ0n) is 17.5. The lowest BCUT2D eigenvalue weighted by molar-refractivity contribution is -0.121. The van der Waals surface area contributed by atoms with Gasteiger partial charge in [0.25, 0.3) is 0 Å². The van der Waals surface area contributed by atoms with E-state index in [-0.39, 0.29) is 16.8 Å². The molecule has 1 amide bonds.